The average Bonchev–Trinajstić information content (AvgIpc) is 3.28. The van der Waals surface area contributed by atoms with Crippen molar-refractivity contribution in [2.45, 2.75) is 49.1 Å². The number of ether oxygens (including phenoxy) is 7. The van der Waals surface area contributed by atoms with E-state index in [4.69, 9.17) is 33.2 Å². The van der Waals surface area contributed by atoms with E-state index in [2.05, 4.69) is 0 Å². The van der Waals surface area contributed by atoms with Gasteiger partial charge in [-0.2, -0.15) is 0 Å². The molecule has 3 heterocycles. The third kappa shape index (κ3) is 8.58. The summed E-state index contributed by atoms with van der Waals surface area (Å²) in [6.07, 6.45) is -16.3. The normalized spacial score (nSPS) is 23.0. The highest BCUT2D eigenvalue weighted by atomic mass is 16.7. The monoisotopic (exact) mass is 956 g/mol. The number of aromatic hydroxyl groups is 11. The Morgan fingerprint density at radius 2 is 1.04 bits per heavy atom. The van der Waals surface area contributed by atoms with Crippen LogP contribution in [0, 0.1) is 5.92 Å². The molecule has 8 atom stereocenters. The summed E-state index contributed by atoms with van der Waals surface area (Å²) in [6, 6.07) is 3.84. The number of rotatable bonds is 9. The Morgan fingerprint density at radius 3 is 1.54 bits per heavy atom. The quantitative estimate of drug-likeness (QED) is 0.0455. The van der Waals surface area contributed by atoms with Crippen molar-refractivity contribution >= 4 is 41.8 Å². The van der Waals surface area contributed by atoms with Gasteiger partial charge in [0.25, 0.3) is 0 Å². The number of aliphatic hydroxyl groups excluding tert-OH is 1. The maximum absolute atomic E-state index is 14.5. The summed E-state index contributed by atoms with van der Waals surface area (Å²) in [4.78, 5) is 95.4. The van der Waals surface area contributed by atoms with Gasteiger partial charge in [0.15, 0.2) is 81.6 Å². The largest absolute Gasteiger partial charge is 0.504 e. The highest BCUT2D eigenvalue weighted by molar-refractivity contribution is 5.98. The molecule has 0 radical (unpaired) electrons. The first kappa shape index (κ1) is 46.9. The first-order chi connectivity index (χ1) is 32.0. The molecule has 0 aromatic heterocycles. The van der Waals surface area contributed by atoms with Crippen molar-refractivity contribution in [1.29, 1.82) is 0 Å². The lowest BCUT2D eigenvalue weighted by Crippen LogP contribution is -2.63. The van der Waals surface area contributed by atoms with Gasteiger partial charge in [-0.1, -0.05) is 0 Å². The van der Waals surface area contributed by atoms with Gasteiger partial charge < -0.3 is 99.5 Å². The van der Waals surface area contributed by atoms with Crippen LogP contribution >= 0.6 is 0 Å². The van der Waals surface area contributed by atoms with E-state index in [1.165, 1.54) is 0 Å². The van der Waals surface area contributed by atoms with E-state index in [9.17, 15) is 99.9 Å². The molecule has 4 aromatic carbocycles. The fourth-order valence-corrected chi connectivity index (χ4v) is 7.37. The van der Waals surface area contributed by atoms with Crippen LogP contribution in [0.5, 0.6) is 69.0 Å². The predicted octanol–water partition coefficient (Wildman–Crippen LogP) is 0.0179. The SMILES string of the molecule is O=C(O)C[C@@H]1C(=O)O[C@@H]2C(COC(=O)c3cc(O)c(O)c(O)c3)O[C@@H](OC(=O)c3cc(O)c(O)c(O)c3)C(OC(=O)c3cc(O)c(O)c4c3[C@H]1[C@H](O)C(=O)O4)[C@@H]2OC(=O)c1cc(O)c(O)c(O)c1. The molecule has 0 saturated carbocycles. The van der Waals surface area contributed by atoms with E-state index < -0.39 is 200 Å². The second kappa shape index (κ2) is 17.7. The van der Waals surface area contributed by atoms with Crippen molar-refractivity contribution in [3.05, 3.63) is 70.3 Å². The minimum absolute atomic E-state index is 0.449. The second-order valence-corrected chi connectivity index (χ2v) is 14.9. The van der Waals surface area contributed by atoms with Crippen molar-refractivity contribution in [2.75, 3.05) is 6.61 Å². The van der Waals surface area contributed by atoms with Crippen molar-refractivity contribution < 1.29 is 133 Å². The molecular formula is C41H32O27. The van der Waals surface area contributed by atoms with Crippen LogP contribution in [-0.4, -0.2) is 152 Å². The Morgan fingerprint density at radius 1 is 0.574 bits per heavy atom. The number of hydrogen-bond donors (Lipinski definition) is 13. The van der Waals surface area contributed by atoms with E-state index in [1.54, 1.807) is 0 Å². The molecule has 3 aliphatic heterocycles. The molecule has 27 heteroatoms. The molecule has 0 aliphatic carbocycles. The summed E-state index contributed by atoms with van der Waals surface area (Å²) in [5.74, 6) is -29.8. The van der Waals surface area contributed by atoms with Crippen LogP contribution in [-0.2, 0) is 42.8 Å². The van der Waals surface area contributed by atoms with Gasteiger partial charge in [-0.15, -0.1) is 0 Å². The standard InChI is InChI=1S/C41H32O27/c42-15-1-10(2-16(43)26(15)51)35(56)62-9-22-31-33(66-36(57)11-3-17(44)27(52)18(45)4-11)34(41(63-22)68-37(58)12-5-19(46)28(53)20(47)6-12)67-38(59)13-7-21(48)29(54)32-25(13)24(30(55)40(61)65-32)14(8-23(49)50)39(60)64-31/h1-7,14,22,24,30-31,33-34,41-48,51-55H,8-9H2,(H,49,50)/t14-,22?,24-,30-,31+,33+,34?,41-/m0/s1. The molecule has 3 aliphatic rings. The van der Waals surface area contributed by atoms with Crippen molar-refractivity contribution in [1.82, 2.24) is 0 Å². The lowest BCUT2D eigenvalue weighted by Gasteiger charge is -2.44. The van der Waals surface area contributed by atoms with Gasteiger partial charge >= 0.3 is 41.8 Å². The molecule has 4 aromatic rings. The summed E-state index contributed by atoms with van der Waals surface area (Å²) in [5.41, 5.74) is -4.15. The number of fused-ring (bicyclic) bond motifs is 2. The van der Waals surface area contributed by atoms with Gasteiger partial charge in [-0.3, -0.25) is 9.59 Å². The van der Waals surface area contributed by atoms with Crippen LogP contribution < -0.4 is 4.74 Å². The Balaban J connectivity index is 1.44. The zero-order valence-corrected chi connectivity index (χ0v) is 33.6. The lowest BCUT2D eigenvalue weighted by molar-refractivity contribution is -0.287. The van der Waals surface area contributed by atoms with Crippen LogP contribution in [0.15, 0.2) is 42.5 Å². The van der Waals surface area contributed by atoms with Gasteiger partial charge in [0, 0.05) is 11.5 Å². The molecule has 68 heavy (non-hydrogen) atoms. The molecule has 2 bridgehead atoms. The number of benzene rings is 4. The van der Waals surface area contributed by atoms with E-state index in [1.807, 2.05) is 0 Å². The van der Waals surface area contributed by atoms with E-state index >= 15 is 0 Å². The van der Waals surface area contributed by atoms with Crippen LogP contribution in [0.1, 0.15) is 59.3 Å². The fraction of sp³-hybridized carbons (Fsp3) is 0.244. The first-order valence-corrected chi connectivity index (χ1v) is 19.1. The fourth-order valence-electron chi connectivity index (χ4n) is 7.37. The summed E-state index contributed by atoms with van der Waals surface area (Å²) >= 11 is 0. The molecule has 27 nitrogen and oxygen atoms in total. The number of carboxylic acid groups (broad SMARTS) is 1. The molecule has 358 valence electrons. The van der Waals surface area contributed by atoms with Crippen LogP contribution in [0.25, 0.3) is 0 Å². The predicted molar refractivity (Wildman–Crippen MR) is 207 cm³/mol. The minimum Gasteiger partial charge on any atom is -0.504 e. The van der Waals surface area contributed by atoms with Gasteiger partial charge in [0.2, 0.25) is 18.1 Å². The number of phenolic OH excluding ortho intramolecular Hbond substituents is 11. The molecule has 1 saturated heterocycles. The Bertz CT molecular complexity index is 2750. The Hall–Kier alpha value is -9.11. The number of carbonyl (C=O) groups is 7. The summed E-state index contributed by atoms with van der Waals surface area (Å²) in [6.45, 7) is -1.28. The number of carboxylic acids is 1. The highest BCUT2D eigenvalue weighted by Crippen LogP contribution is 2.51. The first-order valence-electron chi connectivity index (χ1n) is 19.1. The maximum Gasteiger partial charge on any atom is 0.341 e. The molecule has 7 rings (SSSR count). The molecule has 2 unspecified atom stereocenters. The second-order valence-electron chi connectivity index (χ2n) is 14.9. The van der Waals surface area contributed by atoms with Crippen molar-refractivity contribution in [2.24, 2.45) is 5.92 Å². The van der Waals surface area contributed by atoms with Gasteiger partial charge in [-0.05, 0) is 42.5 Å². The minimum atomic E-state index is -2.57. The number of carbonyl (C=O) groups excluding carboxylic acids is 6. The lowest BCUT2D eigenvalue weighted by atomic mass is 9.76. The summed E-state index contributed by atoms with van der Waals surface area (Å²) in [7, 11) is 0. The van der Waals surface area contributed by atoms with Gasteiger partial charge in [0.1, 0.15) is 12.7 Å². The molecular weight excluding hydrogens is 924 g/mol. The number of aliphatic hydroxyl groups is 1. The zero-order chi connectivity index (χ0) is 49.8. The van der Waals surface area contributed by atoms with E-state index in [0.29, 0.717) is 42.5 Å². The molecule has 13 N–H and O–H groups in total. The average molecular weight is 957 g/mol. The topological polar surface area (TPSA) is 447 Å². The number of aliphatic carboxylic acids is 1. The number of phenols is 11. The Labute approximate surface area is 375 Å². The molecule has 0 amide bonds. The van der Waals surface area contributed by atoms with E-state index in [0.717, 1.165) is 0 Å². The van der Waals surface area contributed by atoms with Crippen molar-refractivity contribution in [3.63, 3.8) is 0 Å². The smallest absolute Gasteiger partial charge is 0.341 e. The number of esters is 6. The zero-order valence-electron chi connectivity index (χ0n) is 33.6. The van der Waals surface area contributed by atoms with Gasteiger partial charge in [0.05, 0.1) is 34.6 Å². The molecule has 1 fully saturated rings. The van der Waals surface area contributed by atoms with Gasteiger partial charge in [-0.25, -0.2) is 24.0 Å². The third-order valence-electron chi connectivity index (χ3n) is 10.6. The van der Waals surface area contributed by atoms with Crippen LogP contribution in [0.2, 0.25) is 0 Å². The van der Waals surface area contributed by atoms with Crippen LogP contribution in [0.4, 0.5) is 0 Å². The van der Waals surface area contributed by atoms with E-state index in [-0.39, 0.29) is 0 Å². The third-order valence-corrected chi connectivity index (χ3v) is 10.6. The van der Waals surface area contributed by atoms with Crippen molar-refractivity contribution in [3.8, 4) is 69.0 Å². The van der Waals surface area contributed by atoms with Crippen LogP contribution in [0.3, 0.4) is 0 Å². The number of hydrogen-bond acceptors (Lipinski definition) is 26. The summed E-state index contributed by atoms with van der Waals surface area (Å²) in [5, 5.41) is 133. The Kier molecular flexibility index (Phi) is 12.2. The summed E-state index contributed by atoms with van der Waals surface area (Å²) < 4.78 is 38.6. The maximum atomic E-state index is 14.5. The molecule has 0 spiro atoms. The highest BCUT2D eigenvalue weighted by Gasteiger charge is 2.57.